The van der Waals surface area contributed by atoms with E-state index in [2.05, 4.69) is 10.2 Å². The van der Waals surface area contributed by atoms with Gasteiger partial charge in [0, 0.05) is 17.8 Å². The molecular weight excluding hydrogens is 196 g/mol. The van der Waals surface area contributed by atoms with Crippen molar-refractivity contribution < 1.29 is 4.79 Å². The van der Waals surface area contributed by atoms with Crippen LogP contribution in [0.2, 0.25) is 0 Å². The summed E-state index contributed by atoms with van der Waals surface area (Å²) in [6, 6.07) is 0. The lowest BCUT2D eigenvalue weighted by atomic mass is 10.1. The van der Waals surface area contributed by atoms with Crippen molar-refractivity contribution in [2.45, 2.75) is 26.3 Å². The van der Waals surface area contributed by atoms with Crippen LogP contribution >= 0.6 is 11.8 Å². The molecule has 0 bridgehead atoms. The molecule has 0 saturated heterocycles. The van der Waals surface area contributed by atoms with Gasteiger partial charge in [0.25, 0.3) is 0 Å². The van der Waals surface area contributed by atoms with Gasteiger partial charge in [0.15, 0.2) is 0 Å². The summed E-state index contributed by atoms with van der Waals surface area (Å²) < 4.78 is 0. The van der Waals surface area contributed by atoms with Crippen LogP contribution in [-0.2, 0) is 4.79 Å². The van der Waals surface area contributed by atoms with Crippen LogP contribution in [0.4, 0.5) is 0 Å². The highest BCUT2D eigenvalue weighted by Gasteiger charge is 2.12. The number of carbonyl (C=O) groups excluding carboxylic acids is 1. The highest BCUT2D eigenvalue weighted by atomic mass is 32.2. The summed E-state index contributed by atoms with van der Waals surface area (Å²) in [6.45, 7) is 7.01. The third kappa shape index (κ3) is 9.86. The molecule has 0 heterocycles. The van der Waals surface area contributed by atoms with E-state index in [1.54, 1.807) is 11.8 Å². The van der Waals surface area contributed by atoms with Crippen molar-refractivity contribution in [2.24, 2.45) is 0 Å². The van der Waals surface area contributed by atoms with Crippen molar-refractivity contribution in [1.29, 1.82) is 0 Å². The maximum absolute atomic E-state index is 11.4. The van der Waals surface area contributed by atoms with Crippen LogP contribution in [0.1, 0.15) is 20.8 Å². The molecule has 1 N–H and O–H groups in total. The molecule has 0 spiro atoms. The maximum atomic E-state index is 11.4. The normalized spacial score (nSPS) is 11.9. The molecule has 1 amide bonds. The number of nitrogens with zero attached hydrogens (tertiary/aromatic N) is 1. The number of carbonyl (C=O) groups is 1. The molecule has 0 aromatic carbocycles. The van der Waals surface area contributed by atoms with Gasteiger partial charge in [-0.1, -0.05) is 0 Å². The lowest BCUT2D eigenvalue weighted by Crippen LogP contribution is -2.41. The first kappa shape index (κ1) is 13.8. The van der Waals surface area contributed by atoms with Crippen LogP contribution < -0.4 is 5.32 Å². The molecule has 84 valence electrons. The van der Waals surface area contributed by atoms with Gasteiger partial charge in [-0.3, -0.25) is 4.79 Å². The highest BCUT2D eigenvalue weighted by Crippen LogP contribution is 2.03. The van der Waals surface area contributed by atoms with E-state index < -0.39 is 0 Å². The van der Waals surface area contributed by atoms with E-state index in [1.807, 2.05) is 34.9 Å². The van der Waals surface area contributed by atoms with E-state index in [1.165, 1.54) is 0 Å². The fourth-order valence-corrected chi connectivity index (χ4v) is 1.76. The Bertz CT molecular complexity index is 175. The van der Waals surface area contributed by atoms with E-state index in [0.717, 1.165) is 12.3 Å². The molecule has 0 aromatic heterocycles. The summed E-state index contributed by atoms with van der Waals surface area (Å²) in [6.07, 6.45) is 0. The largest absolute Gasteiger partial charge is 0.351 e. The van der Waals surface area contributed by atoms with Gasteiger partial charge in [0.2, 0.25) is 5.91 Å². The van der Waals surface area contributed by atoms with Crippen molar-refractivity contribution in [3.8, 4) is 0 Å². The second-order valence-corrected chi connectivity index (χ2v) is 5.76. The molecule has 0 fully saturated rings. The lowest BCUT2D eigenvalue weighted by Gasteiger charge is -2.20. The standard InChI is InChI=1S/C10H22N2OS/c1-10(2,3)11-9(13)8-14-7-6-12(4)5/h6-8H2,1-5H3,(H,11,13). The van der Waals surface area contributed by atoms with E-state index in [0.29, 0.717) is 5.75 Å². The van der Waals surface area contributed by atoms with Crippen molar-refractivity contribution in [2.75, 3.05) is 32.1 Å². The number of hydrogen-bond donors (Lipinski definition) is 1. The van der Waals surface area contributed by atoms with Crippen molar-refractivity contribution in [1.82, 2.24) is 10.2 Å². The van der Waals surface area contributed by atoms with E-state index in [9.17, 15) is 4.79 Å². The van der Waals surface area contributed by atoms with Gasteiger partial charge in [-0.25, -0.2) is 0 Å². The Morgan fingerprint density at radius 1 is 1.36 bits per heavy atom. The molecule has 4 heteroatoms. The van der Waals surface area contributed by atoms with Crippen LogP contribution in [0.25, 0.3) is 0 Å². The quantitative estimate of drug-likeness (QED) is 0.704. The Hall–Kier alpha value is -0.220. The average Bonchev–Trinajstić information content (AvgIpc) is 1.94. The van der Waals surface area contributed by atoms with E-state index in [-0.39, 0.29) is 11.4 Å². The van der Waals surface area contributed by atoms with Crippen molar-refractivity contribution in [3.05, 3.63) is 0 Å². The molecule has 0 unspecified atom stereocenters. The Morgan fingerprint density at radius 3 is 2.36 bits per heavy atom. The molecule has 0 radical (unpaired) electrons. The zero-order valence-corrected chi connectivity index (χ0v) is 10.7. The molecule has 0 aliphatic heterocycles. The molecule has 0 aliphatic carbocycles. The first-order chi connectivity index (χ1) is 6.31. The van der Waals surface area contributed by atoms with E-state index >= 15 is 0 Å². The molecule has 0 atom stereocenters. The predicted molar refractivity (Wildman–Crippen MR) is 63.8 cm³/mol. The SMILES string of the molecule is CN(C)CCSCC(=O)NC(C)(C)C. The maximum Gasteiger partial charge on any atom is 0.230 e. The minimum absolute atomic E-state index is 0.112. The van der Waals surface area contributed by atoms with Gasteiger partial charge in [-0.05, 0) is 34.9 Å². The molecule has 0 aliphatic rings. The summed E-state index contributed by atoms with van der Waals surface area (Å²) in [5.74, 6) is 1.69. The van der Waals surface area contributed by atoms with Crippen LogP contribution in [0.15, 0.2) is 0 Å². The second kappa shape index (κ2) is 6.30. The summed E-state index contributed by atoms with van der Waals surface area (Å²) in [5.41, 5.74) is -0.112. The molecule has 0 saturated carbocycles. The van der Waals surface area contributed by atoms with Gasteiger partial charge in [-0.15, -0.1) is 0 Å². The molecule has 14 heavy (non-hydrogen) atoms. The molecule has 3 nitrogen and oxygen atoms in total. The summed E-state index contributed by atoms with van der Waals surface area (Å²) in [7, 11) is 4.07. The molecule has 0 rings (SSSR count). The third-order valence-electron chi connectivity index (χ3n) is 1.43. The summed E-state index contributed by atoms with van der Waals surface area (Å²) in [4.78, 5) is 13.5. The Kier molecular flexibility index (Phi) is 6.20. The molecule has 0 aromatic rings. The summed E-state index contributed by atoms with van der Waals surface area (Å²) in [5, 5.41) is 2.93. The number of hydrogen-bond acceptors (Lipinski definition) is 3. The van der Waals surface area contributed by atoms with Crippen LogP contribution in [0.3, 0.4) is 0 Å². The van der Waals surface area contributed by atoms with Gasteiger partial charge in [0.05, 0.1) is 5.75 Å². The van der Waals surface area contributed by atoms with Gasteiger partial charge in [0.1, 0.15) is 0 Å². The smallest absolute Gasteiger partial charge is 0.230 e. The first-order valence-electron chi connectivity index (χ1n) is 4.85. The third-order valence-corrected chi connectivity index (χ3v) is 2.37. The minimum atomic E-state index is -0.112. The number of nitrogens with one attached hydrogen (secondary N) is 1. The first-order valence-corrected chi connectivity index (χ1v) is 6.00. The fourth-order valence-electron chi connectivity index (χ4n) is 0.866. The Morgan fingerprint density at radius 2 is 1.93 bits per heavy atom. The van der Waals surface area contributed by atoms with Crippen LogP contribution in [0.5, 0.6) is 0 Å². The highest BCUT2D eigenvalue weighted by molar-refractivity contribution is 7.99. The zero-order chi connectivity index (χ0) is 11.2. The van der Waals surface area contributed by atoms with Gasteiger partial charge < -0.3 is 10.2 Å². The number of rotatable bonds is 5. The predicted octanol–water partition coefficient (Wildman–Crippen LogP) is 1.20. The minimum Gasteiger partial charge on any atom is -0.351 e. The fraction of sp³-hybridized carbons (Fsp3) is 0.900. The lowest BCUT2D eigenvalue weighted by molar-refractivity contribution is -0.119. The number of thioether (sulfide) groups is 1. The van der Waals surface area contributed by atoms with E-state index in [4.69, 9.17) is 0 Å². The van der Waals surface area contributed by atoms with Gasteiger partial charge in [-0.2, -0.15) is 11.8 Å². The monoisotopic (exact) mass is 218 g/mol. The number of amides is 1. The van der Waals surface area contributed by atoms with Crippen LogP contribution in [0, 0.1) is 0 Å². The topological polar surface area (TPSA) is 32.3 Å². The Labute approximate surface area is 91.6 Å². The van der Waals surface area contributed by atoms with Gasteiger partial charge >= 0.3 is 0 Å². The second-order valence-electron chi connectivity index (χ2n) is 4.65. The summed E-state index contributed by atoms with van der Waals surface area (Å²) >= 11 is 1.68. The van der Waals surface area contributed by atoms with Crippen molar-refractivity contribution >= 4 is 17.7 Å². The molecular formula is C10H22N2OS. The van der Waals surface area contributed by atoms with Crippen molar-refractivity contribution in [3.63, 3.8) is 0 Å². The zero-order valence-electron chi connectivity index (χ0n) is 9.89. The Balaban J connectivity index is 3.46. The average molecular weight is 218 g/mol. The van der Waals surface area contributed by atoms with Crippen LogP contribution in [-0.4, -0.2) is 48.5 Å².